The zero-order chi connectivity index (χ0) is 47.5. The standard InChI is InChI=1S/C62H36N10/c1-7-47(35-63-29-1)37-9-13-41(14-10-37)57-67-59(45-21-27-53-43(33-45)5-3-31-65-53)71-61(69-57)51-25-19-39-18-24-50-52(26-20-40-17-23-49(51)55(39)56(40)50)62-70-58(42-15-11-38(12-16-42)48-8-2-30-64-36-48)68-60(72-62)46-22-28-54-44(34-46)6-4-32-66-54/h1-36H. The summed E-state index contributed by atoms with van der Waals surface area (Å²) in [6, 6.07) is 62.2. The van der Waals surface area contributed by atoms with Crippen LogP contribution in [0.1, 0.15) is 0 Å². The molecule has 0 unspecified atom stereocenters. The summed E-state index contributed by atoms with van der Waals surface area (Å²) in [5, 5.41) is 8.46. The predicted molar refractivity (Wildman–Crippen MR) is 287 cm³/mol. The quantitative estimate of drug-likeness (QED) is 0.136. The smallest absolute Gasteiger partial charge is 0.164 e. The molecule has 6 aromatic heterocycles. The number of fused-ring (bicyclic) bond motifs is 2. The lowest BCUT2D eigenvalue weighted by Crippen LogP contribution is -2.02. The first kappa shape index (κ1) is 41.0. The Hall–Kier alpha value is -10.1. The lowest BCUT2D eigenvalue weighted by Gasteiger charge is -2.16. The summed E-state index contributed by atoms with van der Waals surface area (Å²) >= 11 is 0. The van der Waals surface area contributed by atoms with Crippen LogP contribution in [0, 0.1) is 0 Å². The molecule has 10 nitrogen and oxygen atoms in total. The van der Waals surface area contributed by atoms with E-state index in [2.05, 4.69) is 153 Å². The molecule has 14 rings (SSSR count). The van der Waals surface area contributed by atoms with Crippen molar-refractivity contribution in [3.8, 4) is 90.6 Å². The minimum atomic E-state index is 0.570. The van der Waals surface area contributed by atoms with Crippen molar-refractivity contribution in [1.82, 2.24) is 49.8 Å². The lowest BCUT2D eigenvalue weighted by molar-refractivity contribution is 1.08. The molecule has 334 valence electrons. The van der Waals surface area contributed by atoms with E-state index in [-0.39, 0.29) is 0 Å². The monoisotopic (exact) mass is 920 g/mol. The van der Waals surface area contributed by atoms with Crippen LogP contribution in [0.25, 0.3) is 145 Å². The number of hydrogen-bond acceptors (Lipinski definition) is 10. The molecule has 0 saturated carbocycles. The summed E-state index contributed by atoms with van der Waals surface area (Å²) in [5.41, 5.74) is 11.3. The highest BCUT2D eigenvalue weighted by atomic mass is 15.0. The van der Waals surface area contributed by atoms with Crippen molar-refractivity contribution >= 4 is 54.1 Å². The molecule has 0 aliphatic rings. The SMILES string of the molecule is c1cncc(-c2ccc(-c3nc(-c4ccc5ncccc5c4)nc(-c4ccc5ccc6c(-c7nc(-c8ccc(-c9cccnc9)cc8)nc(-c8ccc9ncccc9c8)n7)ccc7ccc4c5c76)n3)cc2)c1. The maximum atomic E-state index is 5.25. The lowest BCUT2D eigenvalue weighted by atomic mass is 9.89. The molecule has 14 aromatic rings. The largest absolute Gasteiger partial charge is 0.264 e. The summed E-state index contributed by atoms with van der Waals surface area (Å²) in [6.07, 6.45) is 10.9. The molecular weight excluding hydrogens is 885 g/mol. The van der Waals surface area contributed by atoms with E-state index in [0.29, 0.717) is 34.9 Å². The van der Waals surface area contributed by atoms with Crippen LogP contribution in [0.5, 0.6) is 0 Å². The Morgan fingerprint density at radius 3 is 1.06 bits per heavy atom. The summed E-state index contributed by atoms with van der Waals surface area (Å²) in [5.74, 6) is 3.43. The normalized spacial score (nSPS) is 11.6. The number of nitrogens with zero attached hydrogens (tertiary/aromatic N) is 10. The fourth-order valence-corrected chi connectivity index (χ4v) is 9.82. The molecule has 72 heavy (non-hydrogen) atoms. The second-order valence-electron chi connectivity index (χ2n) is 17.7. The van der Waals surface area contributed by atoms with Crippen LogP contribution in [0.15, 0.2) is 219 Å². The van der Waals surface area contributed by atoms with Gasteiger partial charge in [-0.1, -0.05) is 109 Å². The Bertz CT molecular complexity index is 4090. The van der Waals surface area contributed by atoms with Gasteiger partial charge in [-0.3, -0.25) is 19.9 Å². The van der Waals surface area contributed by atoms with E-state index in [0.717, 1.165) is 110 Å². The second kappa shape index (κ2) is 16.9. The van der Waals surface area contributed by atoms with E-state index in [1.807, 2.05) is 60.9 Å². The van der Waals surface area contributed by atoms with E-state index in [4.69, 9.17) is 29.9 Å². The van der Waals surface area contributed by atoms with Crippen molar-refractivity contribution in [2.45, 2.75) is 0 Å². The first-order chi connectivity index (χ1) is 35.6. The highest BCUT2D eigenvalue weighted by Gasteiger charge is 2.21. The Labute approximate surface area is 411 Å². The van der Waals surface area contributed by atoms with Crippen molar-refractivity contribution in [2.75, 3.05) is 0 Å². The summed E-state index contributed by atoms with van der Waals surface area (Å²) in [4.78, 5) is 49.0. The second-order valence-corrected chi connectivity index (χ2v) is 17.7. The molecule has 10 heteroatoms. The molecule has 0 aliphatic carbocycles. The van der Waals surface area contributed by atoms with Gasteiger partial charge in [-0.25, -0.2) is 29.9 Å². The molecule has 0 amide bonds. The topological polar surface area (TPSA) is 129 Å². The van der Waals surface area contributed by atoms with Gasteiger partial charge in [0.15, 0.2) is 34.9 Å². The van der Waals surface area contributed by atoms with Gasteiger partial charge in [0.25, 0.3) is 0 Å². The van der Waals surface area contributed by atoms with Crippen LogP contribution in [-0.2, 0) is 0 Å². The van der Waals surface area contributed by atoms with Crippen LogP contribution >= 0.6 is 0 Å². The van der Waals surface area contributed by atoms with Gasteiger partial charge >= 0.3 is 0 Å². The third-order valence-corrected chi connectivity index (χ3v) is 13.4. The van der Waals surface area contributed by atoms with E-state index in [1.54, 1.807) is 24.8 Å². The van der Waals surface area contributed by atoms with Crippen molar-refractivity contribution in [3.63, 3.8) is 0 Å². The molecule has 0 radical (unpaired) electrons. The van der Waals surface area contributed by atoms with Crippen LogP contribution < -0.4 is 0 Å². The number of benzene rings is 8. The van der Waals surface area contributed by atoms with Crippen LogP contribution in [0.4, 0.5) is 0 Å². The molecule has 0 spiro atoms. The van der Waals surface area contributed by atoms with Crippen LogP contribution in [-0.4, -0.2) is 49.8 Å². The third-order valence-electron chi connectivity index (χ3n) is 13.4. The van der Waals surface area contributed by atoms with Gasteiger partial charge in [-0.15, -0.1) is 0 Å². The molecule has 0 fully saturated rings. The Balaban J connectivity index is 0.937. The summed E-state index contributed by atoms with van der Waals surface area (Å²) < 4.78 is 0. The van der Waals surface area contributed by atoms with Gasteiger partial charge in [-0.2, -0.15) is 0 Å². The molecule has 0 atom stereocenters. The first-order valence-corrected chi connectivity index (χ1v) is 23.6. The molecule has 0 aliphatic heterocycles. The van der Waals surface area contributed by atoms with Gasteiger partial charge in [0.05, 0.1) is 11.0 Å². The summed E-state index contributed by atoms with van der Waals surface area (Å²) in [7, 11) is 0. The number of pyridine rings is 4. The van der Waals surface area contributed by atoms with Crippen molar-refractivity contribution in [3.05, 3.63) is 219 Å². The fraction of sp³-hybridized carbons (Fsp3) is 0. The number of hydrogen-bond donors (Lipinski definition) is 0. The fourth-order valence-electron chi connectivity index (χ4n) is 9.82. The third kappa shape index (κ3) is 7.21. The first-order valence-electron chi connectivity index (χ1n) is 23.6. The average molecular weight is 921 g/mol. The number of rotatable bonds is 8. The highest BCUT2D eigenvalue weighted by molar-refractivity contribution is 6.27. The zero-order valence-corrected chi connectivity index (χ0v) is 38.3. The van der Waals surface area contributed by atoms with E-state index in [1.165, 1.54) is 0 Å². The van der Waals surface area contributed by atoms with Crippen LogP contribution in [0.2, 0.25) is 0 Å². The highest BCUT2D eigenvalue weighted by Crippen LogP contribution is 2.42. The average Bonchev–Trinajstić information content (AvgIpc) is 3.46. The van der Waals surface area contributed by atoms with Gasteiger partial charge in [0.1, 0.15) is 0 Å². The van der Waals surface area contributed by atoms with Gasteiger partial charge in [0, 0.05) is 81.3 Å². The molecule has 0 saturated heterocycles. The van der Waals surface area contributed by atoms with Gasteiger partial charge < -0.3 is 0 Å². The minimum Gasteiger partial charge on any atom is -0.264 e. The van der Waals surface area contributed by atoms with E-state index >= 15 is 0 Å². The van der Waals surface area contributed by atoms with Crippen LogP contribution in [0.3, 0.4) is 0 Å². The Kier molecular flexibility index (Phi) is 9.59. The molecule has 0 N–H and O–H groups in total. The molecule has 0 bridgehead atoms. The van der Waals surface area contributed by atoms with Crippen molar-refractivity contribution in [1.29, 1.82) is 0 Å². The Morgan fingerprint density at radius 2 is 0.625 bits per heavy atom. The maximum Gasteiger partial charge on any atom is 0.164 e. The van der Waals surface area contributed by atoms with Crippen molar-refractivity contribution in [2.24, 2.45) is 0 Å². The maximum absolute atomic E-state index is 5.25. The number of aromatic nitrogens is 10. The van der Waals surface area contributed by atoms with E-state index < -0.39 is 0 Å². The molecule has 8 aromatic carbocycles. The van der Waals surface area contributed by atoms with Crippen molar-refractivity contribution < 1.29 is 0 Å². The summed E-state index contributed by atoms with van der Waals surface area (Å²) in [6.45, 7) is 0. The molecule has 6 heterocycles. The van der Waals surface area contributed by atoms with E-state index in [9.17, 15) is 0 Å². The van der Waals surface area contributed by atoms with Gasteiger partial charge in [0.2, 0.25) is 0 Å². The minimum absolute atomic E-state index is 0.570. The molecular formula is C62H36N10. The zero-order valence-electron chi connectivity index (χ0n) is 38.3. The Morgan fingerprint density at radius 1 is 0.250 bits per heavy atom. The predicted octanol–water partition coefficient (Wildman–Crippen LogP) is 14.2. The van der Waals surface area contributed by atoms with Gasteiger partial charge in [-0.05, 0) is 127 Å².